The van der Waals surface area contributed by atoms with Gasteiger partial charge in [0, 0.05) is 6.07 Å². The largest absolute Gasteiger partial charge is 0.478 e. The van der Waals surface area contributed by atoms with Crippen LogP contribution < -0.4 is 16.0 Å². The lowest BCUT2D eigenvalue weighted by molar-refractivity contribution is 0.323. The fourth-order valence-corrected chi connectivity index (χ4v) is 1.16. The molecule has 1 aromatic rings. The van der Waals surface area contributed by atoms with E-state index in [1.54, 1.807) is 6.07 Å². The Labute approximate surface area is 81.1 Å². The van der Waals surface area contributed by atoms with Gasteiger partial charge in [0.15, 0.2) is 5.16 Å². The fraction of sp³-hybridized carbons (Fsp3) is 0.429. The van der Waals surface area contributed by atoms with Crippen LogP contribution in [0.2, 0.25) is 0 Å². The zero-order valence-corrected chi connectivity index (χ0v) is 8.39. The van der Waals surface area contributed by atoms with E-state index in [0.29, 0.717) is 23.5 Å². The average Bonchev–Trinajstić information content (AvgIpc) is 2.17. The molecule has 0 amide bonds. The van der Waals surface area contributed by atoms with Gasteiger partial charge in [0.2, 0.25) is 5.88 Å². The van der Waals surface area contributed by atoms with Gasteiger partial charge in [-0.25, -0.2) is 10.8 Å². The van der Waals surface area contributed by atoms with Crippen LogP contribution in [0.5, 0.6) is 5.88 Å². The monoisotopic (exact) mass is 200 g/mol. The number of nitrogens with zero attached hydrogens (tertiary/aromatic N) is 2. The lowest BCUT2D eigenvalue weighted by Crippen LogP contribution is -2.10. The first-order valence-corrected chi connectivity index (χ1v) is 5.05. The molecule has 0 bridgehead atoms. The van der Waals surface area contributed by atoms with Crippen LogP contribution >= 0.6 is 11.8 Å². The molecule has 0 unspecified atom stereocenters. The van der Waals surface area contributed by atoms with Gasteiger partial charge >= 0.3 is 0 Å². The van der Waals surface area contributed by atoms with E-state index in [1.807, 2.05) is 13.2 Å². The quantitative estimate of drug-likeness (QED) is 0.325. The number of nitrogen functional groups attached to an aromatic ring is 1. The molecule has 0 aliphatic rings. The molecule has 0 aromatic carbocycles. The van der Waals surface area contributed by atoms with Crippen molar-refractivity contribution < 1.29 is 4.74 Å². The maximum Gasteiger partial charge on any atom is 0.219 e. The van der Waals surface area contributed by atoms with E-state index in [1.165, 1.54) is 11.8 Å². The summed E-state index contributed by atoms with van der Waals surface area (Å²) in [7, 11) is 0. The van der Waals surface area contributed by atoms with Crippen molar-refractivity contribution >= 4 is 17.6 Å². The molecular formula is C7H12N4OS. The molecule has 0 atom stereocenters. The molecule has 72 valence electrons. The number of hydrogen-bond donors (Lipinski definition) is 2. The minimum atomic E-state index is 0.537. The zero-order valence-electron chi connectivity index (χ0n) is 7.57. The minimum absolute atomic E-state index is 0.537. The van der Waals surface area contributed by atoms with Crippen molar-refractivity contribution in [2.75, 3.05) is 18.3 Å². The molecule has 0 aliphatic carbocycles. The number of ether oxygens (including phenoxy) is 1. The molecule has 3 N–H and O–H groups in total. The molecule has 0 aliphatic heterocycles. The highest BCUT2D eigenvalue weighted by molar-refractivity contribution is 7.98. The highest BCUT2D eigenvalue weighted by Crippen LogP contribution is 2.17. The molecular weight excluding hydrogens is 188 g/mol. The van der Waals surface area contributed by atoms with Crippen LogP contribution in [-0.2, 0) is 0 Å². The van der Waals surface area contributed by atoms with Gasteiger partial charge in [-0.05, 0) is 13.2 Å². The van der Waals surface area contributed by atoms with Crippen molar-refractivity contribution in [3.05, 3.63) is 6.07 Å². The molecule has 6 heteroatoms. The second-order valence-corrected chi connectivity index (χ2v) is 2.93. The molecule has 1 rings (SSSR count). The first-order valence-electron chi connectivity index (χ1n) is 3.82. The van der Waals surface area contributed by atoms with Gasteiger partial charge in [-0.3, -0.25) is 0 Å². The Morgan fingerprint density at radius 3 is 2.92 bits per heavy atom. The van der Waals surface area contributed by atoms with Gasteiger partial charge in [-0.15, -0.1) is 0 Å². The summed E-state index contributed by atoms with van der Waals surface area (Å²) in [6, 6.07) is 1.66. The molecule has 0 fully saturated rings. The van der Waals surface area contributed by atoms with Gasteiger partial charge in [0.1, 0.15) is 5.82 Å². The Morgan fingerprint density at radius 1 is 1.62 bits per heavy atom. The number of aromatic nitrogens is 2. The van der Waals surface area contributed by atoms with Crippen molar-refractivity contribution in [1.29, 1.82) is 0 Å². The lowest BCUT2D eigenvalue weighted by Gasteiger charge is -2.05. The molecule has 0 radical (unpaired) electrons. The number of hydrogen-bond acceptors (Lipinski definition) is 6. The van der Waals surface area contributed by atoms with Crippen molar-refractivity contribution in [3.63, 3.8) is 0 Å². The average molecular weight is 200 g/mol. The molecule has 13 heavy (non-hydrogen) atoms. The second-order valence-electron chi connectivity index (χ2n) is 2.16. The fourth-order valence-electron chi connectivity index (χ4n) is 0.791. The Bertz CT molecular complexity index is 259. The van der Waals surface area contributed by atoms with Gasteiger partial charge < -0.3 is 10.2 Å². The summed E-state index contributed by atoms with van der Waals surface area (Å²) in [4.78, 5) is 8.21. The smallest absolute Gasteiger partial charge is 0.219 e. The summed E-state index contributed by atoms with van der Waals surface area (Å²) in [5, 5.41) is 0.638. The van der Waals surface area contributed by atoms with Crippen LogP contribution in [0, 0.1) is 0 Å². The molecule has 1 heterocycles. The SMILES string of the molecule is CCOc1cc(NN)nc(SC)n1. The van der Waals surface area contributed by atoms with Crippen LogP contribution in [0.25, 0.3) is 0 Å². The summed E-state index contributed by atoms with van der Waals surface area (Å²) in [5.74, 6) is 6.33. The number of hydrazine groups is 1. The van der Waals surface area contributed by atoms with E-state index in [2.05, 4.69) is 15.4 Å². The van der Waals surface area contributed by atoms with Crippen molar-refractivity contribution in [2.45, 2.75) is 12.1 Å². The Morgan fingerprint density at radius 2 is 2.38 bits per heavy atom. The van der Waals surface area contributed by atoms with E-state index < -0.39 is 0 Å². The topological polar surface area (TPSA) is 73.1 Å². The predicted molar refractivity (Wildman–Crippen MR) is 52.8 cm³/mol. The Balaban J connectivity index is 2.93. The molecule has 0 saturated heterocycles. The molecule has 5 nitrogen and oxygen atoms in total. The summed E-state index contributed by atoms with van der Waals surface area (Å²) in [6.07, 6.45) is 1.89. The zero-order chi connectivity index (χ0) is 9.68. The molecule has 1 aromatic heterocycles. The van der Waals surface area contributed by atoms with E-state index >= 15 is 0 Å². The number of rotatable bonds is 4. The van der Waals surface area contributed by atoms with Crippen molar-refractivity contribution in [1.82, 2.24) is 9.97 Å². The van der Waals surface area contributed by atoms with E-state index in [0.717, 1.165) is 0 Å². The second kappa shape index (κ2) is 4.88. The summed E-state index contributed by atoms with van der Waals surface area (Å²) >= 11 is 1.44. The van der Waals surface area contributed by atoms with Gasteiger partial charge in [-0.1, -0.05) is 11.8 Å². The van der Waals surface area contributed by atoms with Crippen LogP contribution in [0.3, 0.4) is 0 Å². The third-order valence-corrected chi connectivity index (χ3v) is 1.85. The summed E-state index contributed by atoms with van der Waals surface area (Å²) in [6.45, 7) is 2.48. The van der Waals surface area contributed by atoms with Gasteiger partial charge in [-0.2, -0.15) is 4.98 Å². The van der Waals surface area contributed by atoms with Gasteiger partial charge in [0.05, 0.1) is 6.61 Å². The normalized spacial score (nSPS) is 9.77. The standard InChI is InChI=1S/C7H12N4OS/c1-3-12-6-4-5(11-8)9-7(10-6)13-2/h4H,3,8H2,1-2H3,(H,9,10,11). The maximum absolute atomic E-state index is 5.23. The number of anilines is 1. The van der Waals surface area contributed by atoms with Crippen LogP contribution in [0.4, 0.5) is 5.82 Å². The van der Waals surface area contributed by atoms with Crippen LogP contribution in [0.1, 0.15) is 6.92 Å². The van der Waals surface area contributed by atoms with Crippen molar-refractivity contribution in [2.24, 2.45) is 5.84 Å². The third kappa shape index (κ3) is 2.74. The third-order valence-electron chi connectivity index (χ3n) is 1.30. The maximum atomic E-state index is 5.23. The van der Waals surface area contributed by atoms with Crippen LogP contribution in [-0.4, -0.2) is 22.8 Å². The molecule has 0 saturated carbocycles. The van der Waals surface area contributed by atoms with Gasteiger partial charge in [0.25, 0.3) is 0 Å². The van der Waals surface area contributed by atoms with E-state index in [9.17, 15) is 0 Å². The summed E-state index contributed by atoms with van der Waals surface area (Å²) < 4.78 is 5.23. The Kier molecular flexibility index (Phi) is 3.78. The highest BCUT2D eigenvalue weighted by Gasteiger charge is 2.02. The number of nitrogens with one attached hydrogen (secondary N) is 1. The number of nitrogens with two attached hydrogens (primary N) is 1. The minimum Gasteiger partial charge on any atom is -0.478 e. The molecule has 0 spiro atoms. The lowest BCUT2D eigenvalue weighted by atomic mass is 10.6. The first-order chi connectivity index (χ1) is 6.30. The number of thioether (sulfide) groups is 1. The predicted octanol–water partition coefficient (Wildman–Crippen LogP) is 0.883. The van der Waals surface area contributed by atoms with E-state index in [4.69, 9.17) is 10.6 Å². The highest BCUT2D eigenvalue weighted by atomic mass is 32.2. The Hall–Kier alpha value is -1.01. The van der Waals surface area contributed by atoms with Crippen LogP contribution in [0.15, 0.2) is 11.2 Å². The van der Waals surface area contributed by atoms with E-state index in [-0.39, 0.29) is 0 Å². The summed E-state index contributed by atoms with van der Waals surface area (Å²) in [5.41, 5.74) is 2.46. The first kappa shape index (κ1) is 10.1. The van der Waals surface area contributed by atoms with Crippen molar-refractivity contribution in [3.8, 4) is 5.88 Å².